The monoisotopic (exact) mass is 169 g/mol. The number of nitrogens with two attached hydrogens (primary N) is 1. The van der Waals surface area contributed by atoms with E-state index in [2.05, 4.69) is 0 Å². The van der Waals surface area contributed by atoms with Crippen molar-refractivity contribution in [2.24, 2.45) is 5.73 Å². The summed E-state index contributed by atoms with van der Waals surface area (Å²) in [5.74, 6) is -0.0408. The summed E-state index contributed by atoms with van der Waals surface area (Å²) in [5.41, 5.74) is 5.50. The van der Waals surface area contributed by atoms with Gasteiger partial charge in [0.15, 0.2) is 6.04 Å². The van der Waals surface area contributed by atoms with Crippen LogP contribution in [0.1, 0.15) is 18.7 Å². The number of carbonyl (C=O) groups is 1. The largest absolute Gasteiger partial charge is 0.467 e. The van der Waals surface area contributed by atoms with Gasteiger partial charge in [0.25, 0.3) is 0 Å². The Hall–Kier alpha value is -1.29. The SMILES string of the molecule is CCOC(=O)C(N)c1ccco1. The van der Waals surface area contributed by atoms with E-state index in [0.717, 1.165) is 0 Å². The Balaban J connectivity index is 2.59. The number of hydrogen-bond donors (Lipinski definition) is 1. The van der Waals surface area contributed by atoms with Gasteiger partial charge in [0.05, 0.1) is 12.9 Å². The molecule has 0 spiro atoms. The highest BCUT2D eigenvalue weighted by Crippen LogP contribution is 2.11. The fraction of sp³-hybridized carbons (Fsp3) is 0.375. The summed E-state index contributed by atoms with van der Waals surface area (Å²) in [5, 5.41) is 0. The average Bonchev–Trinajstić information content (AvgIpc) is 2.55. The molecule has 1 aromatic heterocycles. The molecule has 1 heterocycles. The van der Waals surface area contributed by atoms with E-state index in [1.807, 2.05) is 0 Å². The molecule has 4 heteroatoms. The first-order valence-corrected chi connectivity index (χ1v) is 3.71. The topological polar surface area (TPSA) is 65.5 Å². The maximum absolute atomic E-state index is 11.0. The second-order valence-electron chi connectivity index (χ2n) is 2.25. The van der Waals surface area contributed by atoms with Gasteiger partial charge in [-0.2, -0.15) is 0 Å². The molecular weight excluding hydrogens is 158 g/mol. The van der Waals surface area contributed by atoms with Crippen LogP contribution < -0.4 is 5.73 Å². The van der Waals surface area contributed by atoms with E-state index in [1.54, 1.807) is 19.1 Å². The molecule has 1 rings (SSSR count). The smallest absolute Gasteiger partial charge is 0.330 e. The van der Waals surface area contributed by atoms with Crippen LogP contribution >= 0.6 is 0 Å². The second-order valence-corrected chi connectivity index (χ2v) is 2.25. The molecule has 0 bridgehead atoms. The molecule has 0 saturated heterocycles. The van der Waals surface area contributed by atoms with Crippen LogP contribution in [-0.4, -0.2) is 12.6 Å². The van der Waals surface area contributed by atoms with Gasteiger partial charge in [0.2, 0.25) is 0 Å². The van der Waals surface area contributed by atoms with Crippen molar-refractivity contribution in [3.05, 3.63) is 24.2 Å². The summed E-state index contributed by atoms with van der Waals surface area (Å²) >= 11 is 0. The van der Waals surface area contributed by atoms with Crippen molar-refractivity contribution < 1.29 is 13.9 Å². The molecule has 0 aromatic carbocycles. The zero-order valence-corrected chi connectivity index (χ0v) is 6.82. The summed E-state index contributed by atoms with van der Waals surface area (Å²) < 4.78 is 9.64. The lowest BCUT2D eigenvalue weighted by atomic mass is 10.2. The van der Waals surface area contributed by atoms with E-state index < -0.39 is 12.0 Å². The minimum absolute atomic E-state index is 0.327. The first-order chi connectivity index (χ1) is 5.75. The van der Waals surface area contributed by atoms with Crippen LogP contribution in [0.2, 0.25) is 0 Å². The summed E-state index contributed by atoms with van der Waals surface area (Å²) in [6, 6.07) is 2.51. The maximum Gasteiger partial charge on any atom is 0.330 e. The molecule has 0 radical (unpaired) electrons. The minimum atomic E-state index is -0.806. The highest BCUT2D eigenvalue weighted by molar-refractivity contribution is 5.76. The quantitative estimate of drug-likeness (QED) is 0.681. The predicted molar refractivity (Wildman–Crippen MR) is 42.3 cm³/mol. The van der Waals surface area contributed by atoms with Crippen LogP contribution in [0, 0.1) is 0 Å². The molecule has 0 aliphatic carbocycles. The van der Waals surface area contributed by atoms with Crippen LogP contribution in [0.15, 0.2) is 22.8 Å². The van der Waals surface area contributed by atoms with E-state index in [9.17, 15) is 4.79 Å². The average molecular weight is 169 g/mol. The summed E-state index contributed by atoms with van der Waals surface area (Å²) in [4.78, 5) is 11.0. The first kappa shape index (κ1) is 8.80. The van der Waals surface area contributed by atoms with E-state index in [-0.39, 0.29) is 0 Å². The van der Waals surface area contributed by atoms with Crippen LogP contribution in [0.3, 0.4) is 0 Å². The standard InChI is InChI=1S/C8H11NO3/c1-2-11-8(10)7(9)6-4-3-5-12-6/h3-5,7H,2,9H2,1H3. The van der Waals surface area contributed by atoms with Gasteiger partial charge in [-0.25, -0.2) is 4.79 Å². The molecule has 0 fully saturated rings. The van der Waals surface area contributed by atoms with E-state index in [0.29, 0.717) is 12.4 Å². The number of furan rings is 1. The highest BCUT2D eigenvalue weighted by Gasteiger charge is 2.18. The van der Waals surface area contributed by atoms with Gasteiger partial charge in [-0.3, -0.25) is 0 Å². The Morgan fingerprint density at radius 3 is 3.08 bits per heavy atom. The van der Waals surface area contributed by atoms with Crippen molar-refractivity contribution in [2.75, 3.05) is 6.61 Å². The first-order valence-electron chi connectivity index (χ1n) is 3.71. The fourth-order valence-electron chi connectivity index (χ4n) is 0.816. The number of rotatable bonds is 3. The molecule has 1 atom stereocenters. The molecule has 2 N–H and O–H groups in total. The van der Waals surface area contributed by atoms with Gasteiger partial charge in [-0.15, -0.1) is 0 Å². The third-order valence-electron chi connectivity index (χ3n) is 1.39. The van der Waals surface area contributed by atoms with Gasteiger partial charge < -0.3 is 14.9 Å². The van der Waals surface area contributed by atoms with Gasteiger partial charge in [0, 0.05) is 0 Å². The molecule has 1 unspecified atom stereocenters. The van der Waals surface area contributed by atoms with E-state index in [4.69, 9.17) is 14.9 Å². The van der Waals surface area contributed by atoms with Gasteiger partial charge in [0.1, 0.15) is 5.76 Å². The van der Waals surface area contributed by atoms with Gasteiger partial charge in [-0.05, 0) is 19.1 Å². The lowest BCUT2D eigenvalue weighted by Crippen LogP contribution is -2.23. The number of esters is 1. The summed E-state index contributed by atoms with van der Waals surface area (Å²) in [7, 11) is 0. The maximum atomic E-state index is 11.0. The Kier molecular flexibility index (Phi) is 2.88. The Bertz CT molecular complexity index is 243. The van der Waals surface area contributed by atoms with Crippen molar-refractivity contribution in [3.8, 4) is 0 Å². The predicted octanol–water partition coefficient (Wildman–Crippen LogP) is 0.842. The third-order valence-corrected chi connectivity index (χ3v) is 1.39. The molecule has 66 valence electrons. The molecule has 0 saturated carbocycles. The molecule has 0 aliphatic heterocycles. The van der Waals surface area contributed by atoms with Crippen LogP contribution in [-0.2, 0) is 9.53 Å². The minimum Gasteiger partial charge on any atom is -0.467 e. The van der Waals surface area contributed by atoms with Crippen LogP contribution in [0.5, 0.6) is 0 Å². The third kappa shape index (κ3) is 1.85. The van der Waals surface area contributed by atoms with E-state index >= 15 is 0 Å². The fourth-order valence-corrected chi connectivity index (χ4v) is 0.816. The van der Waals surface area contributed by atoms with Gasteiger partial charge >= 0.3 is 5.97 Å². The van der Waals surface area contributed by atoms with Crippen LogP contribution in [0.4, 0.5) is 0 Å². The van der Waals surface area contributed by atoms with Crippen molar-refractivity contribution >= 4 is 5.97 Å². The van der Waals surface area contributed by atoms with Gasteiger partial charge in [-0.1, -0.05) is 0 Å². The number of ether oxygens (including phenoxy) is 1. The Labute approximate surface area is 70.3 Å². The van der Waals surface area contributed by atoms with Crippen molar-refractivity contribution in [3.63, 3.8) is 0 Å². The molecule has 0 aliphatic rings. The van der Waals surface area contributed by atoms with E-state index in [1.165, 1.54) is 6.26 Å². The molecular formula is C8H11NO3. The second kappa shape index (κ2) is 3.92. The van der Waals surface area contributed by atoms with Crippen molar-refractivity contribution in [2.45, 2.75) is 13.0 Å². The summed E-state index contributed by atoms with van der Waals surface area (Å²) in [6.07, 6.45) is 1.47. The summed E-state index contributed by atoms with van der Waals surface area (Å²) in [6.45, 7) is 2.06. The Morgan fingerprint density at radius 1 is 1.83 bits per heavy atom. The molecule has 4 nitrogen and oxygen atoms in total. The van der Waals surface area contributed by atoms with Crippen LogP contribution in [0.25, 0.3) is 0 Å². The van der Waals surface area contributed by atoms with Crippen molar-refractivity contribution in [1.29, 1.82) is 0 Å². The lowest BCUT2D eigenvalue weighted by molar-refractivity contribution is -0.145. The lowest BCUT2D eigenvalue weighted by Gasteiger charge is -2.06. The normalized spacial score (nSPS) is 12.5. The molecule has 0 amide bonds. The molecule has 12 heavy (non-hydrogen) atoms. The zero-order chi connectivity index (χ0) is 8.97. The number of carbonyl (C=O) groups excluding carboxylic acids is 1. The number of hydrogen-bond acceptors (Lipinski definition) is 4. The highest BCUT2D eigenvalue weighted by atomic mass is 16.5. The zero-order valence-electron chi connectivity index (χ0n) is 6.82. The Morgan fingerprint density at radius 2 is 2.58 bits per heavy atom. The van der Waals surface area contributed by atoms with Crippen molar-refractivity contribution in [1.82, 2.24) is 0 Å². The molecule has 1 aromatic rings.